The smallest absolute Gasteiger partial charge is 0.220 e. The molecule has 2 aromatic rings. The number of aromatic nitrogens is 2. The van der Waals surface area contributed by atoms with Crippen LogP contribution in [0.2, 0.25) is 0 Å². The first-order valence-electron chi connectivity index (χ1n) is 7.63. The van der Waals surface area contributed by atoms with E-state index in [-0.39, 0.29) is 5.75 Å². The lowest BCUT2D eigenvalue weighted by Gasteiger charge is -2.33. The predicted octanol–water partition coefficient (Wildman–Crippen LogP) is 0.760. The minimum Gasteiger partial charge on any atom is -0.364 e. The maximum absolute atomic E-state index is 12.4. The quantitative estimate of drug-likeness (QED) is 0.775. The van der Waals surface area contributed by atoms with E-state index < -0.39 is 10.0 Å². The fourth-order valence-electron chi connectivity index (χ4n) is 2.64. The molecular formula is C15H20N4O3S. The van der Waals surface area contributed by atoms with Gasteiger partial charge in [-0.15, -0.1) is 0 Å². The van der Waals surface area contributed by atoms with E-state index in [1.807, 2.05) is 18.2 Å². The maximum atomic E-state index is 12.4. The van der Waals surface area contributed by atoms with Gasteiger partial charge >= 0.3 is 0 Å². The minimum absolute atomic E-state index is 0.0998. The molecule has 1 aliphatic heterocycles. The summed E-state index contributed by atoms with van der Waals surface area (Å²) < 4.78 is 30.9. The lowest BCUT2D eigenvalue weighted by atomic mass is 10.2. The zero-order valence-corrected chi connectivity index (χ0v) is 13.7. The molecule has 0 spiro atoms. The summed E-state index contributed by atoms with van der Waals surface area (Å²) in [6.45, 7) is 3.41. The molecule has 0 radical (unpaired) electrons. The molecule has 0 saturated carbocycles. The molecule has 0 bridgehead atoms. The van der Waals surface area contributed by atoms with Crippen molar-refractivity contribution in [3.8, 4) is 0 Å². The first-order valence-corrected chi connectivity index (χ1v) is 9.24. The number of piperazine rings is 1. The molecule has 124 valence electrons. The van der Waals surface area contributed by atoms with Gasteiger partial charge in [0.25, 0.3) is 0 Å². The van der Waals surface area contributed by atoms with E-state index in [0.29, 0.717) is 18.8 Å². The normalized spacial score (nSPS) is 17.4. The van der Waals surface area contributed by atoms with Crippen molar-refractivity contribution >= 4 is 10.0 Å². The first kappa shape index (κ1) is 16.1. The lowest BCUT2D eigenvalue weighted by molar-refractivity contribution is 0.189. The van der Waals surface area contributed by atoms with Gasteiger partial charge in [-0.2, -0.15) is 4.31 Å². The van der Waals surface area contributed by atoms with Crippen LogP contribution in [0.4, 0.5) is 0 Å². The van der Waals surface area contributed by atoms with Gasteiger partial charge < -0.3 is 9.42 Å². The predicted molar refractivity (Wildman–Crippen MR) is 85.1 cm³/mol. The van der Waals surface area contributed by atoms with Crippen LogP contribution in [-0.4, -0.2) is 60.5 Å². The minimum atomic E-state index is -3.33. The standard InChI is InChI=1S/C15H20N4O3S/c20-23(21,13-15-5-12-22-17-15)19-10-8-18(9-11-19)7-4-14-3-1-2-6-16-14/h1-3,5-6,12H,4,7-11,13H2. The third-order valence-electron chi connectivity index (χ3n) is 3.96. The molecule has 0 aliphatic carbocycles. The number of hydrogen-bond donors (Lipinski definition) is 0. The Balaban J connectivity index is 1.48. The van der Waals surface area contributed by atoms with E-state index in [9.17, 15) is 8.42 Å². The Morgan fingerprint density at radius 3 is 2.57 bits per heavy atom. The number of hydrogen-bond acceptors (Lipinski definition) is 6. The first-order chi connectivity index (χ1) is 11.1. The van der Waals surface area contributed by atoms with Gasteiger partial charge in [-0.3, -0.25) is 4.98 Å². The molecule has 3 heterocycles. The van der Waals surface area contributed by atoms with Crippen LogP contribution in [0.1, 0.15) is 11.4 Å². The van der Waals surface area contributed by atoms with Crippen molar-refractivity contribution < 1.29 is 12.9 Å². The third kappa shape index (κ3) is 4.37. The number of pyridine rings is 1. The molecule has 8 heteroatoms. The zero-order chi connectivity index (χ0) is 16.1. The second-order valence-electron chi connectivity index (χ2n) is 5.56. The Hall–Kier alpha value is -1.77. The molecule has 0 aromatic carbocycles. The van der Waals surface area contributed by atoms with Crippen molar-refractivity contribution in [3.63, 3.8) is 0 Å². The van der Waals surface area contributed by atoms with Crippen molar-refractivity contribution in [1.82, 2.24) is 19.3 Å². The van der Waals surface area contributed by atoms with Gasteiger partial charge in [0.05, 0.1) is 5.69 Å². The molecule has 7 nitrogen and oxygen atoms in total. The van der Waals surface area contributed by atoms with E-state index in [4.69, 9.17) is 4.52 Å². The highest BCUT2D eigenvalue weighted by atomic mass is 32.2. The highest BCUT2D eigenvalue weighted by Gasteiger charge is 2.27. The van der Waals surface area contributed by atoms with Gasteiger partial charge in [0.2, 0.25) is 10.0 Å². The van der Waals surface area contributed by atoms with E-state index in [2.05, 4.69) is 15.0 Å². The van der Waals surface area contributed by atoms with Gasteiger partial charge in [-0.25, -0.2) is 8.42 Å². The summed E-state index contributed by atoms with van der Waals surface area (Å²) in [5, 5.41) is 3.68. The average Bonchev–Trinajstić information content (AvgIpc) is 3.06. The molecule has 0 amide bonds. The average molecular weight is 336 g/mol. The highest BCUT2D eigenvalue weighted by Crippen LogP contribution is 2.13. The molecule has 1 aliphatic rings. The molecule has 0 N–H and O–H groups in total. The molecule has 23 heavy (non-hydrogen) atoms. The molecule has 1 fully saturated rings. The second kappa shape index (κ2) is 7.20. The Morgan fingerprint density at radius 2 is 1.91 bits per heavy atom. The van der Waals surface area contributed by atoms with Crippen LogP contribution in [0.15, 0.2) is 41.2 Å². The lowest BCUT2D eigenvalue weighted by Crippen LogP contribution is -2.49. The van der Waals surface area contributed by atoms with Crippen molar-refractivity contribution in [3.05, 3.63) is 48.1 Å². The number of sulfonamides is 1. The summed E-state index contributed by atoms with van der Waals surface area (Å²) in [4.78, 5) is 6.58. The summed E-state index contributed by atoms with van der Waals surface area (Å²) in [6.07, 6.45) is 4.07. The number of rotatable bonds is 6. The molecule has 1 saturated heterocycles. The molecule has 3 rings (SSSR count). The van der Waals surface area contributed by atoms with Crippen molar-refractivity contribution in [1.29, 1.82) is 0 Å². The van der Waals surface area contributed by atoms with Crippen LogP contribution in [0.3, 0.4) is 0 Å². The van der Waals surface area contributed by atoms with E-state index in [0.717, 1.165) is 31.7 Å². The Bertz CT molecular complexity index is 696. The summed E-state index contributed by atoms with van der Waals surface area (Å²) in [7, 11) is -3.33. The second-order valence-corrected chi connectivity index (χ2v) is 7.53. The van der Waals surface area contributed by atoms with Gasteiger partial charge in [0.15, 0.2) is 0 Å². The van der Waals surface area contributed by atoms with Crippen LogP contribution in [0.25, 0.3) is 0 Å². The van der Waals surface area contributed by atoms with Gasteiger partial charge in [0, 0.05) is 57.1 Å². The molecule has 0 unspecified atom stereocenters. The van der Waals surface area contributed by atoms with Crippen molar-refractivity contribution in [2.75, 3.05) is 32.7 Å². The maximum Gasteiger partial charge on any atom is 0.220 e. The summed E-state index contributed by atoms with van der Waals surface area (Å²) in [5.74, 6) is -0.0998. The Kier molecular flexibility index (Phi) is 5.04. The van der Waals surface area contributed by atoms with E-state index in [1.54, 1.807) is 16.6 Å². The van der Waals surface area contributed by atoms with Crippen LogP contribution >= 0.6 is 0 Å². The summed E-state index contributed by atoms with van der Waals surface area (Å²) in [5.41, 5.74) is 1.51. The fourth-order valence-corrected chi connectivity index (χ4v) is 4.07. The molecule has 0 atom stereocenters. The van der Waals surface area contributed by atoms with E-state index in [1.165, 1.54) is 6.26 Å². The van der Waals surface area contributed by atoms with Crippen molar-refractivity contribution in [2.45, 2.75) is 12.2 Å². The summed E-state index contributed by atoms with van der Waals surface area (Å²) in [6, 6.07) is 7.48. The molecule has 2 aromatic heterocycles. The van der Waals surface area contributed by atoms with Crippen molar-refractivity contribution in [2.24, 2.45) is 0 Å². The topological polar surface area (TPSA) is 79.5 Å². The SMILES string of the molecule is O=S(=O)(Cc1ccon1)N1CCN(CCc2ccccn2)CC1. The Labute approximate surface area is 136 Å². The largest absolute Gasteiger partial charge is 0.364 e. The van der Waals surface area contributed by atoms with Crippen LogP contribution < -0.4 is 0 Å². The third-order valence-corrected chi connectivity index (χ3v) is 5.77. The van der Waals surface area contributed by atoms with E-state index >= 15 is 0 Å². The van der Waals surface area contributed by atoms with Crippen LogP contribution in [-0.2, 0) is 22.2 Å². The van der Waals surface area contributed by atoms with Gasteiger partial charge in [-0.1, -0.05) is 11.2 Å². The highest BCUT2D eigenvalue weighted by molar-refractivity contribution is 7.88. The van der Waals surface area contributed by atoms with Gasteiger partial charge in [0.1, 0.15) is 12.0 Å². The Morgan fingerprint density at radius 1 is 1.09 bits per heavy atom. The van der Waals surface area contributed by atoms with Gasteiger partial charge in [-0.05, 0) is 12.1 Å². The fraction of sp³-hybridized carbons (Fsp3) is 0.467. The van der Waals surface area contributed by atoms with Crippen LogP contribution in [0.5, 0.6) is 0 Å². The number of nitrogens with zero attached hydrogens (tertiary/aromatic N) is 4. The van der Waals surface area contributed by atoms with Crippen LogP contribution in [0, 0.1) is 0 Å². The summed E-state index contributed by atoms with van der Waals surface area (Å²) >= 11 is 0. The zero-order valence-electron chi connectivity index (χ0n) is 12.8. The monoisotopic (exact) mass is 336 g/mol. The molecular weight excluding hydrogens is 316 g/mol.